The third-order valence-corrected chi connectivity index (χ3v) is 6.07. The highest BCUT2D eigenvalue weighted by molar-refractivity contribution is 5.91. The molecule has 4 rings (SSSR count). The number of benzene rings is 1. The predicted molar refractivity (Wildman–Crippen MR) is 123 cm³/mol. The molecular formula is C24H28N4O6. The molecule has 180 valence electrons. The second-order valence-corrected chi connectivity index (χ2v) is 9.04. The Kier molecular flexibility index (Phi) is 6.43. The number of aryl methyl sites for hydroxylation is 2. The number of aromatic nitrogens is 2. The number of β-amino-alcohol motifs (C(OH)–C–C–N with tert-alkyl or cyclic N) is 1. The monoisotopic (exact) mass is 468 g/mol. The highest BCUT2D eigenvalue weighted by atomic mass is 16.7. The number of hydroxylamine groups is 1. The number of hydrogen-bond donors (Lipinski definition) is 2. The molecule has 0 spiro atoms. The van der Waals surface area contributed by atoms with E-state index in [9.17, 15) is 19.5 Å². The fraction of sp³-hybridized carbons (Fsp3) is 0.417. The zero-order valence-corrected chi connectivity index (χ0v) is 19.5. The summed E-state index contributed by atoms with van der Waals surface area (Å²) < 4.78 is 6.82. The van der Waals surface area contributed by atoms with Gasteiger partial charge in [-0.25, -0.2) is 0 Å². The molecule has 1 aliphatic rings. The molecule has 3 aromatic rings. The van der Waals surface area contributed by atoms with E-state index in [0.717, 1.165) is 0 Å². The Morgan fingerprint density at radius 3 is 2.71 bits per heavy atom. The summed E-state index contributed by atoms with van der Waals surface area (Å²) in [5.41, 5.74) is 2.91. The van der Waals surface area contributed by atoms with E-state index in [4.69, 9.17) is 9.36 Å². The first-order valence-corrected chi connectivity index (χ1v) is 11.1. The van der Waals surface area contributed by atoms with Crippen LogP contribution in [0.1, 0.15) is 37.6 Å². The fourth-order valence-electron chi connectivity index (χ4n) is 4.31. The average molecular weight is 469 g/mol. The van der Waals surface area contributed by atoms with Crippen LogP contribution in [0.25, 0.3) is 10.8 Å². The standard InChI is InChI=1S/C24H28N4O6/c1-13(2)21(20-9-14(3)25-34-20)24(32)28-12-16(29)11-19(28)22(30)26-33-17-5-6-18-15(10-17)7-8-27(4)23(18)31/h5-10,13,16,19,21,29H,11-12H2,1-4H3,(H,26,30)/t16-,19+,21+/m1/s1. The van der Waals surface area contributed by atoms with Gasteiger partial charge in [0.1, 0.15) is 17.7 Å². The van der Waals surface area contributed by atoms with E-state index in [1.807, 2.05) is 13.8 Å². The third-order valence-electron chi connectivity index (χ3n) is 6.07. The number of aliphatic hydroxyl groups is 1. The van der Waals surface area contributed by atoms with Crippen LogP contribution in [0.5, 0.6) is 5.75 Å². The summed E-state index contributed by atoms with van der Waals surface area (Å²) in [7, 11) is 1.67. The second kappa shape index (κ2) is 9.30. The topological polar surface area (TPSA) is 127 Å². The van der Waals surface area contributed by atoms with E-state index < -0.39 is 24.0 Å². The van der Waals surface area contributed by atoms with Crippen molar-refractivity contribution in [1.29, 1.82) is 0 Å². The van der Waals surface area contributed by atoms with Crippen LogP contribution >= 0.6 is 0 Å². The molecule has 10 heteroatoms. The van der Waals surface area contributed by atoms with E-state index in [1.165, 1.54) is 9.47 Å². The van der Waals surface area contributed by atoms with Gasteiger partial charge in [0.2, 0.25) is 5.91 Å². The van der Waals surface area contributed by atoms with Crippen molar-refractivity contribution in [3.05, 3.63) is 58.3 Å². The summed E-state index contributed by atoms with van der Waals surface area (Å²) in [6.45, 7) is 5.58. The Morgan fingerprint density at radius 1 is 1.26 bits per heavy atom. The average Bonchev–Trinajstić information content (AvgIpc) is 3.40. The molecule has 34 heavy (non-hydrogen) atoms. The van der Waals surface area contributed by atoms with Gasteiger partial charge in [0.15, 0.2) is 5.75 Å². The van der Waals surface area contributed by atoms with Crippen LogP contribution in [-0.4, -0.2) is 50.2 Å². The Morgan fingerprint density at radius 2 is 2.03 bits per heavy atom. The number of likely N-dealkylation sites (tertiary alicyclic amines) is 1. The van der Waals surface area contributed by atoms with Gasteiger partial charge in [-0.15, -0.1) is 0 Å². The maximum Gasteiger partial charge on any atom is 0.275 e. The number of aliphatic hydroxyl groups excluding tert-OH is 1. The number of carbonyl (C=O) groups is 2. The quantitative estimate of drug-likeness (QED) is 0.527. The zero-order valence-electron chi connectivity index (χ0n) is 19.5. The first-order chi connectivity index (χ1) is 16.2. The van der Waals surface area contributed by atoms with Gasteiger partial charge < -0.3 is 23.9 Å². The lowest BCUT2D eigenvalue weighted by atomic mass is 9.91. The smallest absolute Gasteiger partial charge is 0.275 e. The molecule has 1 fully saturated rings. The number of rotatable bonds is 6. The zero-order chi connectivity index (χ0) is 24.6. The number of amides is 2. The molecule has 0 bridgehead atoms. The predicted octanol–water partition coefficient (Wildman–Crippen LogP) is 1.65. The summed E-state index contributed by atoms with van der Waals surface area (Å²) in [6.07, 6.45) is 0.910. The molecule has 0 unspecified atom stereocenters. The van der Waals surface area contributed by atoms with E-state index in [2.05, 4.69) is 10.6 Å². The van der Waals surface area contributed by atoms with Crippen LogP contribution in [0.15, 0.2) is 45.8 Å². The van der Waals surface area contributed by atoms with Gasteiger partial charge in [0.25, 0.3) is 11.5 Å². The Bertz CT molecular complexity index is 1280. The molecule has 1 aromatic carbocycles. The van der Waals surface area contributed by atoms with Gasteiger partial charge >= 0.3 is 0 Å². The number of nitrogens with one attached hydrogen (secondary N) is 1. The molecular weight excluding hydrogens is 440 g/mol. The van der Waals surface area contributed by atoms with E-state index in [0.29, 0.717) is 28.0 Å². The van der Waals surface area contributed by atoms with Crippen molar-refractivity contribution in [2.45, 2.75) is 45.3 Å². The maximum atomic E-state index is 13.4. The van der Waals surface area contributed by atoms with Crippen LogP contribution in [0, 0.1) is 12.8 Å². The van der Waals surface area contributed by atoms with E-state index >= 15 is 0 Å². The molecule has 2 N–H and O–H groups in total. The highest BCUT2D eigenvalue weighted by Gasteiger charge is 2.43. The maximum absolute atomic E-state index is 13.4. The summed E-state index contributed by atoms with van der Waals surface area (Å²) in [4.78, 5) is 45.4. The van der Waals surface area contributed by atoms with Crippen LogP contribution in [0.3, 0.4) is 0 Å². The fourth-order valence-corrected chi connectivity index (χ4v) is 4.31. The summed E-state index contributed by atoms with van der Waals surface area (Å²) in [6, 6.07) is 7.43. The second-order valence-electron chi connectivity index (χ2n) is 9.04. The molecule has 1 aliphatic heterocycles. The highest BCUT2D eigenvalue weighted by Crippen LogP contribution is 2.31. The lowest BCUT2D eigenvalue weighted by Crippen LogP contribution is -2.48. The molecule has 0 aliphatic carbocycles. The molecule has 1 saturated heterocycles. The minimum absolute atomic E-state index is 0.0343. The number of pyridine rings is 1. The number of nitrogens with zero attached hydrogens (tertiary/aromatic N) is 3. The third kappa shape index (κ3) is 4.54. The number of carbonyl (C=O) groups excluding carboxylic acids is 2. The molecule has 3 heterocycles. The van der Waals surface area contributed by atoms with Gasteiger partial charge in [-0.1, -0.05) is 19.0 Å². The largest absolute Gasteiger partial charge is 0.391 e. The first kappa shape index (κ1) is 23.5. The summed E-state index contributed by atoms with van der Waals surface area (Å²) in [5, 5.41) is 15.3. The van der Waals surface area contributed by atoms with Crippen molar-refractivity contribution in [3.8, 4) is 5.75 Å². The van der Waals surface area contributed by atoms with Crippen molar-refractivity contribution in [3.63, 3.8) is 0 Å². The van der Waals surface area contributed by atoms with Crippen molar-refractivity contribution < 1.29 is 24.1 Å². The molecule has 0 saturated carbocycles. The van der Waals surface area contributed by atoms with Crippen molar-refractivity contribution in [1.82, 2.24) is 20.1 Å². The number of hydrogen-bond acceptors (Lipinski definition) is 7. The molecule has 2 amide bonds. The van der Waals surface area contributed by atoms with E-state index in [1.54, 1.807) is 50.5 Å². The van der Waals surface area contributed by atoms with Gasteiger partial charge in [0.05, 0.1) is 11.8 Å². The van der Waals surface area contributed by atoms with Crippen LogP contribution in [-0.2, 0) is 16.6 Å². The minimum atomic E-state index is -0.902. The lowest BCUT2D eigenvalue weighted by Gasteiger charge is -2.28. The first-order valence-electron chi connectivity index (χ1n) is 11.1. The minimum Gasteiger partial charge on any atom is -0.391 e. The Hall–Kier alpha value is -3.66. The van der Waals surface area contributed by atoms with Crippen LogP contribution in [0.2, 0.25) is 0 Å². The summed E-state index contributed by atoms with van der Waals surface area (Å²) >= 11 is 0. The Labute approximate surface area is 196 Å². The number of fused-ring (bicyclic) bond motifs is 1. The van der Waals surface area contributed by atoms with Gasteiger partial charge in [-0.3, -0.25) is 14.4 Å². The van der Waals surface area contributed by atoms with E-state index in [-0.39, 0.29) is 30.3 Å². The Balaban J connectivity index is 1.49. The van der Waals surface area contributed by atoms with Gasteiger partial charge in [-0.2, -0.15) is 5.48 Å². The van der Waals surface area contributed by atoms with Crippen molar-refractivity contribution in [2.24, 2.45) is 13.0 Å². The molecule has 2 aromatic heterocycles. The van der Waals surface area contributed by atoms with Crippen molar-refractivity contribution in [2.75, 3.05) is 6.54 Å². The molecule has 0 radical (unpaired) electrons. The van der Waals surface area contributed by atoms with Gasteiger partial charge in [0, 0.05) is 37.7 Å². The summed E-state index contributed by atoms with van der Waals surface area (Å²) in [5.74, 6) is -0.845. The van der Waals surface area contributed by atoms with Crippen LogP contribution < -0.4 is 15.9 Å². The van der Waals surface area contributed by atoms with Crippen LogP contribution in [0.4, 0.5) is 0 Å². The SMILES string of the molecule is Cc1cc([C@@H](C(=O)N2C[C@H](O)C[C@H]2C(=O)NOc2ccc3c(=O)n(C)ccc3c2)C(C)C)on1. The molecule has 10 nitrogen and oxygen atoms in total. The van der Waals surface area contributed by atoms with Gasteiger partial charge in [-0.05, 0) is 42.5 Å². The molecule has 3 atom stereocenters. The lowest BCUT2D eigenvalue weighted by molar-refractivity contribution is -0.143. The van der Waals surface area contributed by atoms with Crippen molar-refractivity contribution >= 4 is 22.6 Å². The normalized spacial score (nSPS) is 18.9.